The number of nitrogens with one attached hydrogen (secondary N) is 1. The topological polar surface area (TPSA) is 95.1 Å². The molecule has 0 spiro atoms. The minimum Gasteiger partial charge on any atom is -0.378 e. The Hall–Kier alpha value is -1.96. The highest BCUT2D eigenvalue weighted by atomic mass is 35.5. The van der Waals surface area contributed by atoms with Crippen molar-refractivity contribution in [1.82, 2.24) is 14.8 Å². The maximum atomic E-state index is 13.0. The van der Waals surface area contributed by atoms with Crippen LogP contribution >= 0.6 is 12.4 Å². The van der Waals surface area contributed by atoms with Crippen LogP contribution in [0.4, 0.5) is 5.69 Å². The molecule has 4 rings (SSSR count). The number of halogens is 1. The molecule has 3 N–H and O–H groups in total. The molecule has 0 bridgehead atoms. The van der Waals surface area contributed by atoms with Crippen LogP contribution < -0.4 is 11.1 Å². The van der Waals surface area contributed by atoms with Crippen LogP contribution in [0.3, 0.4) is 0 Å². The lowest BCUT2D eigenvalue weighted by Crippen LogP contribution is -2.74. The number of carbonyl (C=O) groups excluding carboxylic acids is 1. The summed E-state index contributed by atoms with van der Waals surface area (Å²) in [6.45, 7) is 7.52. The summed E-state index contributed by atoms with van der Waals surface area (Å²) >= 11 is 0. The van der Waals surface area contributed by atoms with E-state index in [-0.39, 0.29) is 24.4 Å². The number of anilines is 1. The van der Waals surface area contributed by atoms with Gasteiger partial charge < -0.3 is 20.4 Å². The summed E-state index contributed by atoms with van der Waals surface area (Å²) < 4.78 is 7.95. The van der Waals surface area contributed by atoms with E-state index in [1.54, 1.807) is 0 Å². The maximum Gasteiger partial charge on any atom is 0.245 e. The van der Waals surface area contributed by atoms with Crippen LogP contribution in [0.1, 0.15) is 52.3 Å². The number of carbonyl (C=O) groups is 1. The van der Waals surface area contributed by atoms with Crippen molar-refractivity contribution in [3.05, 3.63) is 30.1 Å². The summed E-state index contributed by atoms with van der Waals surface area (Å²) in [5.74, 6) is 1.74. The molecule has 2 aromatic rings. The predicted octanol–water partition coefficient (Wildman–Crippen LogP) is 3.56. The van der Waals surface area contributed by atoms with E-state index in [9.17, 15) is 4.79 Å². The van der Waals surface area contributed by atoms with Crippen molar-refractivity contribution in [1.29, 1.82) is 0 Å². The first kappa shape index (κ1) is 22.7. The smallest absolute Gasteiger partial charge is 0.245 e. The number of nitrogens with two attached hydrogens (primary N) is 1. The monoisotopic (exact) mass is 433 g/mol. The number of fused-ring (bicyclic) bond motifs is 1. The quantitative estimate of drug-likeness (QED) is 0.751. The SMILES string of the molecule is CCOC1CC(N)(C(=O)Nc2cccc(-c3nnc4n3CCCCC4)c2)C1(C)C.Cl. The molecule has 7 nitrogen and oxygen atoms in total. The molecule has 1 aromatic heterocycles. The third-order valence-corrected chi connectivity index (χ3v) is 6.72. The van der Waals surface area contributed by atoms with Gasteiger partial charge in [-0.15, -0.1) is 22.6 Å². The first-order chi connectivity index (χ1) is 13.9. The lowest BCUT2D eigenvalue weighted by molar-refractivity contribution is -0.166. The summed E-state index contributed by atoms with van der Waals surface area (Å²) in [5, 5.41) is 11.8. The van der Waals surface area contributed by atoms with Gasteiger partial charge in [0, 0.05) is 42.7 Å². The Balaban J connectivity index is 0.00000256. The Labute approximate surface area is 184 Å². The van der Waals surface area contributed by atoms with Crippen LogP contribution in [0.5, 0.6) is 0 Å². The van der Waals surface area contributed by atoms with Crippen molar-refractivity contribution in [2.24, 2.45) is 11.1 Å². The first-order valence-electron chi connectivity index (χ1n) is 10.6. The van der Waals surface area contributed by atoms with E-state index in [1.165, 1.54) is 6.42 Å². The first-order valence-corrected chi connectivity index (χ1v) is 10.6. The maximum absolute atomic E-state index is 13.0. The van der Waals surface area contributed by atoms with E-state index in [2.05, 4.69) is 20.1 Å². The Morgan fingerprint density at radius 1 is 1.30 bits per heavy atom. The van der Waals surface area contributed by atoms with Gasteiger partial charge in [0.15, 0.2) is 5.82 Å². The zero-order valence-electron chi connectivity index (χ0n) is 18.0. The van der Waals surface area contributed by atoms with E-state index < -0.39 is 11.0 Å². The second-order valence-electron chi connectivity index (χ2n) is 8.78. The minimum absolute atomic E-state index is 0. The number of aromatic nitrogens is 3. The number of ether oxygens (including phenoxy) is 1. The fourth-order valence-corrected chi connectivity index (χ4v) is 4.50. The summed E-state index contributed by atoms with van der Waals surface area (Å²) in [7, 11) is 0. The average molecular weight is 434 g/mol. The molecule has 164 valence electrons. The number of hydrogen-bond donors (Lipinski definition) is 2. The zero-order valence-corrected chi connectivity index (χ0v) is 18.8. The van der Waals surface area contributed by atoms with Gasteiger partial charge in [0.05, 0.1) is 6.10 Å². The highest BCUT2D eigenvalue weighted by Crippen LogP contribution is 2.50. The number of amides is 1. The van der Waals surface area contributed by atoms with Crippen molar-refractivity contribution < 1.29 is 9.53 Å². The Morgan fingerprint density at radius 3 is 2.83 bits per heavy atom. The third-order valence-electron chi connectivity index (χ3n) is 6.72. The van der Waals surface area contributed by atoms with Crippen LogP contribution in [0, 0.1) is 5.41 Å². The molecule has 1 aliphatic carbocycles. The van der Waals surface area contributed by atoms with Gasteiger partial charge in [-0.25, -0.2) is 0 Å². The number of aryl methyl sites for hydroxylation is 1. The minimum atomic E-state index is -0.950. The summed E-state index contributed by atoms with van der Waals surface area (Å²) in [4.78, 5) is 13.0. The van der Waals surface area contributed by atoms with E-state index >= 15 is 0 Å². The molecule has 2 heterocycles. The van der Waals surface area contributed by atoms with Crippen LogP contribution in [-0.2, 0) is 22.5 Å². The molecule has 8 heteroatoms. The van der Waals surface area contributed by atoms with Gasteiger partial charge in [-0.2, -0.15) is 0 Å². The summed E-state index contributed by atoms with van der Waals surface area (Å²) in [5.41, 5.74) is 6.82. The van der Waals surface area contributed by atoms with E-state index in [0.29, 0.717) is 13.0 Å². The molecule has 1 aromatic carbocycles. The molecule has 2 aliphatic rings. The second kappa shape index (κ2) is 8.65. The molecule has 0 radical (unpaired) electrons. The molecule has 2 atom stereocenters. The summed E-state index contributed by atoms with van der Waals surface area (Å²) in [6.07, 6.45) is 5.01. The predicted molar refractivity (Wildman–Crippen MR) is 120 cm³/mol. The van der Waals surface area contributed by atoms with Crippen LogP contribution in [0.25, 0.3) is 11.4 Å². The van der Waals surface area contributed by atoms with Crippen molar-refractivity contribution >= 4 is 24.0 Å². The van der Waals surface area contributed by atoms with Gasteiger partial charge in [-0.05, 0) is 31.9 Å². The summed E-state index contributed by atoms with van der Waals surface area (Å²) in [6, 6.07) is 7.78. The van der Waals surface area contributed by atoms with Gasteiger partial charge in [0.1, 0.15) is 11.4 Å². The van der Waals surface area contributed by atoms with Crippen molar-refractivity contribution in [2.45, 2.75) is 71.1 Å². The molecule has 30 heavy (non-hydrogen) atoms. The Morgan fingerprint density at radius 2 is 2.10 bits per heavy atom. The van der Waals surface area contributed by atoms with Crippen molar-refractivity contribution in [2.75, 3.05) is 11.9 Å². The standard InChI is InChI=1S/C22H31N5O2.ClH/c1-4-29-17-14-22(23,21(17,2)3)20(28)24-16-10-8-9-15(13-16)19-26-25-18-11-6-5-7-12-27(18)19;/h8-10,13,17H,4-7,11-12,14,23H2,1-3H3,(H,24,28);1H. The zero-order chi connectivity index (χ0) is 20.6. The van der Waals surface area contributed by atoms with E-state index in [0.717, 1.165) is 48.7 Å². The lowest BCUT2D eigenvalue weighted by Gasteiger charge is -2.57. The van der Waals surface area contributed by atoms with Gasteiger partial charge in [-0.1, -0.05) is 32.4 Å². The van der Waals surface area contributed by atoms with Crippen molar-refractivity contribution in [3.63, 3.8) is 0 Å². The Bertz CT molecular complexity index is 913. The molecular formula is C22H32ClN5O2. The largest absolute Gasteiger partial charge is 0.378 e. The average Bonchev–Trinajstić information content (AvgIpc) is 2.96. The van der Waals surface area contributed by atoms with E-state index in [1.807, 2.05) is 45.0 Å². The Kier molecular flexibility index (Phi) is 6.55. The number of nitrogens with zero attached hydrogens (tertiary/aromatic N) is 3. The van der Waals surface area contributed by atoms with Crippen molar-refractivity contribution in [3.8, 4) is 11.4 Å². The normalized spacial score (nSPS) is 24.7. The third kappa shape index (κ3) is 3.74. The van der Waals surface area contributed by atoms with E-state index in [4.69, 9.17) is 10.5 Å². The molecule has 1 aliphatic heterocycles. The molecule has 2 unspecified atom stereocenters. The highest BCUT2D eigenvalue weighted by Gasteiger charge is 2.62. The number of rotatable bonds is 5. The molecule has 1 amide bonds. The van der Waals surface area contributed by atoms with Crippen LogP contribution in [0.15, 0.2) is 24.3 Å². The van der Waals surface area contributed by atoms with Crippen LogP contribution in [0.2, 0.25) is 0 Å². The fraction of sp³-hybridized carbons (Fsp3) is 0.591. The van der Waals surface area contributed by atoms with Gasteiger partial charge in [0.2, 0.25) is 5.91 Å². The molecule has 1 saturated carbocycles. The van der Waals surface area contributed by atoms with Gasteiger partial charge >= 0.3 is 0 Å². The number of hydrogen-bond acceptors (Lipinski definition) is 5. The fourth-order valence-electron chi connectivity index (χ4n) is 4.50. The van der Waals surface area contributed by atoms with Gasteiger partial charge in [0.25, 0.3) is 0 Å². The van der Waals surface area contributed by atoms with Gasteiger partial charge in [-0.3, -0.25) is 4.79 Å². The molecular weight excluding hydrogens is 402 g/mol. The lowest BCUT2D eigenvalue weighted by atomic mass is 9.54. The van der Waals surface area contributed by atoms with Crippen LogP contribution in [-0.4, -0.2) is 38.9 Å². The number of benzene rings is 1. The molecule has 1 fully saturated rings. The molecule has 0 saturated heterocycles. The second-order valence-corrected chi connectivity index (χ2v) is 8.78. The highest BCUT2D eigenvalue weighted by molar-refractivity contribution is 6.00.